The number of hydrogen-bond donors (Lipinski definition) is 1. The van der Waals surface area contributed by atoms with Crippen LogP contribution < -0.4 is 5.32 Å². The molecule has 1 amide bonds. The van der Waals surface area contributed by atoms with Crippen molar-refractivity contribution in [3.8, 4) is 0 Å². The maximum atomic E-state index is 12.0. The summed E-state index contributed by atoms with van der Waals surface area (Å²) in [6.45, 7) is 2.84. The van der Waals surface area contributed by atoms with Crippen LogP contribution in [0.4, 0.5) is 0 Å². The van der Waals surface area contributed by atoms with Crippen LogP contribution in [-0.4, -0.2) is 17.4 Å². The number of nitrogens with zero attached hydrogens (tertiary/aromatic N) is 1. The van der Waals surface area contributed by atoms with Crippen LogP contribution in [0.15, 0.2) is 11.6 Å². The third-order valence-electron chi connectivity index (χ3n) is 4.07. The summed E-state index contributed by atoms with van der Waals surface area (Å²) in [5.74, 6) is 2.64. The van der Waals surface area contributed by atoms with E-state index >= 15 is 0 Å². The van der Waals surface area contributed by atoms with Gasteiger partial charge in [0.1, 0.15) is 0 Å². The summed E-state index contributed by atoms with van der Waals surface area (Å²) in [4.78, 5) is 16.2. The molecule has 2 aliphatic carbocycles. The summed E-state index contributed by atoms with van der Waals surface area (Å²) < 4.78 is 0. The minimum absolute atomic E-state index is 0.264. The van der Waals surface area contributed by atoms with Crippen LogP contribution in [0, 0.1) is 17.8 Å². The van der Waals surface area contributed by atoms with Crippen molar-refractivity contribution in [1.82, 2.24) is 10.3 Å². The summed E-state index contributed by atoms with van der Waals surface area (Å²) >= 11 is 1.66. The van der Waals surface area contributed by atoms with E-state index in [2.05, 4.69) is 17.2 Å². The molecule has 3 unspecified atom stereocenters. The third-order valence-corrected chi connectivity index (χ3v) is 5.08. The fourth-order valence-electron chi connectivity index (χ4n) is 2.89. The van der Waals surface area contributed by atoms with Gasteiger partial charge >= 0.3 is 0 Å². The third kappa shape index (κ3) is 2.37. The number of amides is 1. The lowest BCUT2D eigenvalue weighted by Gasteiger charge is -2.14. The van der Waals surface area contributed by atoms with E-state index in [1.807, 2.05) is 11.6 Å². The van der Waals surface area contributed by atoms with Crippen molar-refractivity contribution in [3.05, 3.63) is 16.6 Å². The average Bonchev–Trinajstić information content (AvgIpc) is 2.81. The van der Waals surface area contributed by atoms with Gasteiger partial charge in [-0.3, -0.25) is 4.79 Å². The van der Waals surface area contributed by atoms with Crippen molar-refractivity contribution < 1.29 is 4.79 Å². The fraction of sp³-hybridized carbons (Fsp3) is 0.692. The van der Waals surface area contributed by atoms with Gasteiger partial charge in [-0.2, -0.15) is 0 Å². The molecule has 1 N–H and O–H groups in total. The zero-order valence-corrected chi connectivity index (χ0v) is 10.9. The topological polar surface area (TPSA) is 42.0 Å². The lowest BCUT2D eigenvalue weighted by Crippen LogP contribution is -2.32. The SMILES string of the molecule is CC(CNC(=O)C1CC2CC2C1)c1nccs1. The van der Waals surface area contributed by atoms with Crippen molar-refractivity contribution in [1.29, 1.82) is 0 Å². The summed E-state index contributed by atoms with van der Waals surface area (Å²) in [6, 6.07) is 0. The molecule has 4 heteroatoms. The molecule has 0 aliphatic heterocycles. The molecule has 0 radical (unpaired) electrons. The Morgan fingerprint density at radius 2 is 2.29 bits per heavy atom. The molecule has 0 bridgehead atoms. The number of hydrogen-bond acceptors (Lipinski definition) is 3. The highest BCUT2D eigenvalue weighted by atomic mass is 32.1. The molecule has 1 aromatic heterocycles. The Hall–Kier alpha value is -0.900. The van der Waals surface area contributed by atoms with E-state index in [1.165, 1.54) is 6.42 Å². The van der Waals surface area contributed by atoms with Crippen LogP contribution in [0.2, 0.25) is 0 Å². The molecule has 2 saturated carbocycles. The van der Waals surface area contributed by atoms with Gasteiger partial charge in [-0.1, -0.05) is 6.92 Å². The first-order chi connectivity index (χ1) is 8.24. The lowest BCUT2D eigenvalue weighted by atomic mass is 10.0. The van der Waals surface area contributed by atoms with Gasteiger partial charge < -0.3 is 5.32 Å². The fourth-order valence-corrected chi connectivity index (χ4v) is 3.59. The summed E-state index contributed by atoms with van der Waals surface area (Å²) in [5.41, 5.74) is 0. The molecule has 2 aliphatic rings. The molecule has 3 nitrogen and oxygen atoms in total. The number of rotatable bonds is 4. The molecule has 3 atom stereocenters. The second kappa shape index (κ2) is 4.41. The summed E-state index contributed by atoms with van der Waals surface area (Å²) in [5, 5.41) is 6.18. The lowest BCUT2D eigenvalue weighted by molar-refractivity contribution is -0.125. The minimum atomic E-state index is 0.264. The summed E-state index contributed by atoms with van der Waals surface area (Å²) in [6.07, 6.45) is 5.45. The van der Waals surface area contributed by atoms with Crippen molar-refractivity contribution in [2.75, 3.05) is 6.54 Å². The highest BCUT2D eigenvalue weighted by molar-refractivity contribution is 7.09. The smallest absolute Gasteiger partial charge is 0.223 e. The van der Waals surface area contributed by atoms with Gasteiger partial charge in [0.25, 0.3) is 0 Å². The van der Waals surface area contributed by atoms with Gasteiger partial charge in [0.2, 0.25) is 5.91 Å². The van der Waals surface area contributed by atoms with E-state index in [0.29, 0.717) is 11.8 Å². The molecule has 0 saturated heterocycles. The molecule has 0 spiro atoms. The van der Waals surface area contributed by atoms with E-state index in [0.717, 1.165) is 36.2 Å². The van der Waals surface area contributed by atoms with Crippen LogP contribution in [0.25, 0.3) is 0 Å². The van der Waals surface area contributed by atoms with Gasteiger partial charge in [-0.15, -0.1) is 11.3 Å². The van der Waals surface area contributed by atoms with E-state index in [1.54, 1.807) is 11.3 Å². The monoisotopic (exact) mass is 250 g/mol. The van der Waals surface area contributed by atoms with Crippen LogP contribution in [0.3, 0.4) is 0 Å². The second-order valence-corrected chi connectivity index (χ2v) is 6.37. The maximum Gasteiger partial charge on any atom is 0.223 e. The number of carbonyl (C=O) groups is 1. The van der Waals surface area contributed by atoms with Gasteiger partial charge in [0.05, 0.1) is 5.01 Å². The summed E-state index contributed by atoms with van der Waals surface area (Å²) in [7, 11) is 0. The zero-order chi connectivity index (χ0) is 11.8. The van der Waals surface area contributed by atoms with Crippen molar-refractivity contribution in [2.45, 2.75) is 32.1 Å². The Labute approximate surface area is 106 Å². The zero-order valence-electron chi connectivity index (χ0n) is 10.1. The molecule has 17 heavy (non-hydrogen) atoms. The van der Waals surface area contributed by atoms with Crippen LogP contribution in [0.5, 0.6) is 0 Å². The van der Waals surface area contributed by atoms with Gasteiger partial charge in [-0.05, 0) is 31.1 Å². The average molecular weight is 250 g/mol. The van der Waals surface area contributed by atoms with E-state index < -0.39 is 0 Å². The molecule has 3 rings (SSSR count). The molecule has 2 fully saturated rings. The Bertz CT molecular complexity index is 394. The standard InChI is InChI=1S/C13H18N2OS/c1-8(13-14-2-3-17-13)7-15-12(16)11-5-9-4-10(9)6-11/h2-3,8-11H,4-7H2,1H3,(H,15,16). The molecule has 1 aromatic rings. The predicted octanol–water partition coefficient (Wildman–Crippen LogP) is 2.41. The first kappa shape index (κ1) is 11.2. The van der Waals surface area contributed by atoms with E-state index in [-0.39, 0.29) is 5.91 Å². The molecule has 92 valence electrons. The van der Waals surface area contributed by atoms with Gasteiger partial charge in [0, 0.05) is 30.0 Å². The minimum Gasteiger partial charge on any atom is -0.355 e. The first-order valence-electron chi connectivity index (χ1n) is 6.41. The van der Waals surface area contributed by atoms with E-state index in [4.69, 9.17) is 0 Å². The molecular weight excluding hydrogens is 232 g/mol. The first-order valence-corrected chi connectivity index (χ1v) is 7.29. The number of aromatic nitrogens is 1. The second-order valence-electron chi connectivity index (χ2n) is 5.44. The van der Waals surface area contributed by atoms with Crippen molar-refractivity contribution in [2.24, 2.45) is 17.8 Å². The van der Waals surface area contributed by atoms with Gasteiger partial charge in [0.15, 0.2) is 0 Å². The number of nitrogens with one attached hydrogen (secondary N) is 1. The Kier molecular flexibility index (Phi) is 2.90. The quantitative estimate of drug-likeness (QED) is 0.891. The Morgan fingerprint density at radius 3 is 2.94 bits per heavy atom. The number of fused-ring (bicyclic) bond motifs is 1. The molecule has 1 heterocycles. The molecular formula is C13H18N2OS. The molecule has 0 aromatic carbocycles. The van der Waals surface area contributed by atoms with E-state index in [9.17, 15) is 4.79 Å². The predicted molar refractivity (Wildman–Crippen MR) is 67.9 cm³/mol. The van der Waals surface area contributed by atoms with Crippen molar-refractivity contribution >= 4 is 17.2 Å². The van der Waals surface area contributed by atoms with Gasteiger partial charge in [-0.25, -0.2) is 4.98 Å². The normalized spacial score (nSPS) is 31.9. The Morgan fingerprint density at radius 1 is 1.53 bits per heavy atom. The Balaban J connectivity index is 1.46. The maximum absolute atomic E-state index is 12.0. The van der Waals surface area contributed by atoms with Crippen molar-refractivity contribution in [3.63, 3.8) is 0 Å². The van der Waals surface area contributed by atoms with Crippen LogP contribution >= 0.6 is 11.3 Å². The number of carbonyl (C=O) groups excluding carboxylic acids is 1. The highest BCUT2D eigenvalue weighted by Gasteiger charge is 2.47. The number of thiazole rings is 1. The van der Waals surface area contributed by atoms with Crippen LogP contribution in [-0.2, 0) is 4.79 Å². The van der Waals surface area contributed by atoms with Crippen LogP contribution in [0.1, 0.15) is 37.1 Å². The largest absolute Gasteiger partial charge is 0.355 e. The highest BCUT2D eigenvalue weighted by Crippen LogP contribution is 2.54.